The van der Waals surface area contributed by atoms with E-state index in [2.05, 4.69) is 15.0 Å². The van der Waals surface area contributed by atoms with Crippen molar-refractivity contribution in [2.75, 3.05) is 18.0 Å². The van der Waals surface area contributed by atoms with Crippen molar-refractivity contribution in [2.24, 2.45) is 0 Å². The molecule has 4 rings (SSSR count). The Bertz CT molecular complexity index is 924. The zero-order chi connectivity index (χ0) is 21.4. The Kier molecular flexibility index (Phi) is 5.15. The lowest BCUT2D eigenvalue weighted by Gasteiger charge is -2.37. The van der Waals surface area contributed by atoms with E-state index >= 15 is 0 Å². The molecule has 2 heterocycles. The highest BCUT2D eigenvalue weighted by Crippen LogP contribution is 2.34. The van der Waals surface area contributed by atoms with Crippen LogP contribution in [0, 0.1) is 0 Å². The molecule has 0 aromatic heterocycles. The van der Waals surface area contributed by atoms with Crippen LogP contribution in [0.2, 0.25) is 0 Å². The van der Waals surface area contributed by atoms with E-state index in [0.29, 0.717) is 25.9 Å². The topological polar surface area (TPSA) is 61.9 Å². The first kappa shape index (κ1) is 20.2. The third kappa shape index (κ3) is 4.11. The molecule has 1 N–H and O–H groups in total. The second-order valence-electron chi connectivity index (χ2n) is 7.46. The summed E-state index contributed by atoms with van der Waals surface area (Å²) in [6.07, 6.45) is -3.87. The molecule has 30 heavy (non-hydrogen) atoms. The summed E-state index contributed by atoms with van der Waals surface area (Å²) in [6.45, 7) is 2.06. The molecule has 2 aliphatic rings. The predicted octanol–water partition coefficient (Wildman–Crippen LogP) is 3.68. The Morgan fingerprint density at radius 2 is 1.60 bits per heavy atom. The number of hydrogen-bond acceptors (Lipinski definition) is 4. The van der Waals surface area contributed by atoms with E-state index < -0.39 is 23.7 Å². The number of urea groups is 1. The number of halogens is 3. The zero-order valence-corrected chi connectivity index (χ0v) is 16.0. The fraction of sp³-hybridized carbons (Fsp3) is 0.333. The quantitative estimate of drug-likeness (QED) is 0.769. The van der Waals surface area contributed by atoms with Gasteiger partial charge in [-0.25, -0.2) is 9.69 Å². The first-order valence-electron chi connectivity index (χ1n) is 9.55. The largest absolute Gasteiger partial charge is 0.573 e. The number of hydrogen-bond donors (Lipinski definition) is 1. The van der Waals surface area contributed by atoms with E-state index in [1.807, 2.05) is 30.3 Å². The van der Waals surface area contributed by atoms with Gasteiger partial charge in [0.1, 0.15) is 11.3 Å². The molecule has 158 valence electrons. The molecule has 2 aliphatic heterocycles. The van der Waals surface area contributed by atoms with Crippen LogP contribution in [0.4, 0.5) is 23.7 Å². The van der Waals surface area contributed by atoms with Crippen molar-refractivity contribution in [2.45, 2.75) is 31.3 Å². The molecule has 0 aliphatic carbocycles. The number of anilines is 1. The number of alkyl halides is 3. The standard InChI is InChI=1S/C21H20F3N3O3/c22-21(23,24)30-17-8-6-16(7-9-17)27-18(28)20(25-19(27)29)10-12-26(13-11-20)14-15-4-2-1-3-5-15/h1-9H,10-14H2,(H,25,29). The van der Waals surface area contributed by atoms with Gasteiger partial charge in [0, 0.05) is 19.6 Å². The van der Waals surface area contributed by atoms with Crippen LogP contribution in [-0.4, -0.2) is 41.8 Å². The van der Waals surface area contributed by atoms with Gasteiger partial charge >= 0.3 is 12.4 Å². The SMILES string of the molecule is O=C1NC2(CCN(Cc3ccccc3)CC2)C(=O)N1c1ccc(OC(F)(F)F)cc1. The lowest BCUT2D eigenvalue weighted by molar-refractivity contribution is -0.274. The Labute approximate surface area is 171 Å². The number of carbonyl (C=O) groups is 2. The highest BCUT2D eigenvalue weighted by molar-refractivity contribution is 6.23. The van der Waals surface area contributed by atoms with E-state index in [1.165, 1.54) is 17.7 Å². The molecule has 0 unspecified atom stereocenters. The van der Waals surface area contributed by atoms with Gasteiger partial charge in [0.2, 0.25) is 0 Å². The van der Waals surface area contributed by atoms with Gasteiger partial charge in [-0.15, -0.1) is 13.2 Å². The monoisotopic (exact) mass is 419 g/mol. The smallest absolute Gasteiger partial charge is 0.406 e. The zero-order valence-electron chi connectivity index (χ0n) is 16.0. The minimum Gasteiger partial charge on any atom is -0.406 e. The summed E-state index contributed by atoms with van der Waals surface area (Å²) in [5, 5.41) is 2.80. The van der Waals surface area contributed by atoms with Gasteiger partial charge in [-0.2, -0.15) is 0 Å². The number of benzene rings is 2. The van der Waals surface area contributed by atoms with Crippen molar-refractivity contribution < 1.29 is 27.5 Å². The number of nitrogens with one attached hydrogen (secondary N) is 1. The maximum absolute atomic E-state index is 13.1. The van der Waals surface area contributed by atoms with Crippen LogP contribution in [0.1, 0.15) is 18.4 Å². The van der Waals surface area contributed by atoms with E-state index in [-0.39, 0.29) is 11.6 Å². The first-order valence-corrected chi connectivity index (χ1v) is 9.55. The molecule has 1 spiro atoms. The Morgan fingerprint density at radius 3 is 2.20 bits per heavy atom. The van der Waals surface area contributed by atoms with Crippen LogP contribution in [0.25, 0.3) is 0 Å². The molecule has 2 saturated heterocycles. The first-order chi connectivity index (χ1) is 14.3. The summed E-state index contributed by atoms with van der Waals surface area (Å²) < 4.78 is 40.8. The summed E-state index contributed by atoms with van der Waals surface area (Å²) >= 11 is 0. The lowest BCUT2D eigenvalue weighted by Crippen LogP contribution is -2.54. The van der Waals surface area contributed by atoms with Crippen molar-refractivity contribution in [3.05, 3.63) is 60.2 Å². The van der Waals surface area contributed by atoms with Gasteiger partial charge in [0.25, 0.3) is 5.91 Å². The lowest BCUT2D eigenvalue weighted by atomic mass is 9.87. The molecule has 9 heteroatoms. The van der Waals surface area contributed by atoms with E-state index in [1.54, 1.807) is 0 Å². The molecule has 0 radical (unpaired) electrons. The van der Waals surface area contributed by atoms with Gasteiger partial charge in [0.15, 0.2) is 0 Å². The van der Waals surface area contributed by atoms with Crippen molar-refractivity contribution in [3.63, 3.8) is 0 Å². The van der Waals surface area contributed by atoms with Crippen molar-refractivity contribution in [1.82, 2.24) is 10.2 Å². The fourth-order valence-electron chi connectivity index (χ4n) is 3.93. The number of ether oxygens (including phenoxy) is 1. The van der Waals surface area contributed by atoms with Crippen LogP contribution in [-0.2, 0) is 11.3 Å². The molecule has 0 bridgehead atoms. The minimum atomic E-state index is -4.81. The maximum atomic E-state index is 13.1. The van der Waals surface area contributed by atoms with Crippen molar-refractivity contribution in [3.8, 4) is 5.75 Å². The number of piperidine rings is 1. The van der Waals surface area contributed by atoms with Gasteiger partial charge in [-0.3, -0.25) is 9.69 Å². The van der Waals surface area contributed by atoms with Crippen molar-refractivity contribution in [1.29, 1.82) is 0 Å². The van der Waals surface area contributed by atoms with Crippen LogP contribution < -0.4 is 15.0 Å². The minimum absolute atomic E-state index is 0.204. The average molecular weight is 419 g/mol. The number of amides is 3. The summed E-state index contributed by atoms with van der Waals surface area (Å²) in [5.74, 6) is -0.793. The molecule has 0 atom stereocenters. The molecule has 2 fully saturated rings. The van der Waals surface area contributed by atoms with Gasteiger partial charge in [-0.1, -0.05) is 30.3 Å². The summed E-state index contributed by atoms with van der Waals surface area (Å²) in [7, 11) is 0. The van der Waals surface area contributed by atoms with Crippen LogP contribution in [0.15, 0.2) is 54.6 Å². The molecule has 2 aromatic carbocycles. The van der Waals surface area contributed by atoms with E-state index in [0.717, 1.165) is 23.6 Å². The highest BCUT2D eigenvalue weighted by Gasteiger charge is 2.52. The summed E-state index contributed by atoms with van der Waals surface area (Å²) in [6, 6.07) is 14.1. The van der Waals surface area contributed by atoms with Crippen LogP contribution in [0.5, 0.6) is 5.75 Å². The average Bonchev–Trinajstić information content (AvgIpc) is 2.94. The van der Waals surface area contributed by atoms with Crippen LogP contribution in [0.3, 0.4) is 0 Å². The molecular formula is C21H20F3N3O3. The molecule has 0 saturated carbocycles. The third-order valence-corrected chi connectivity index (χ3v) is 5.45. The Balaban J connectivity index is 1.43. The van der Waals surface area contributed by atoms with Gasteiger partial charge < -0.3 is 10.1 Å². The normalized spacial score (nSPS) is 19.2. The number of nitrogens with zero attached hydrogens (tertiary/aromatic N) is 2. The summed E-state index contributed by atoms with van der Waals surface area (Å²) in [4.78, 5) is 28.8. The van der Waals surface area contributed by atoms with Crippen LogP contribution >= 0.6 is 0 Å². The maximum Gasteiger partial charge on any atom is 0.573 e. The Hall–Kier alpha value is -3.07. The highest BCUT2D eigenvalue weighted by atomic mass is 19.4. The van der Waals surface area contributed by atoms with E-state index in [4.69, 9.17) is 0 Å². The molecule has 6 nitrogen and oxygen atoms in total. The fourth-order valence-corrected chi connectivity index (χ4v) is 3.93. The number of imide groups is 1. The number of likely N-dealkylation sites (tertiary alicyclic amines) is 1. The van der Waals surface area contributed by atoms with Crippen molar-refractivity contribution >= 4 is 17.6 Å². The number of carbonyl (C=O) groups excluding carboxylic acids is 2. The molecule has 2 aromatic rings. The second-order valence-corrected chi connectivity index (χ2v) is 7.46. The third-order valence-electron chi connectivity index (χ3n) is 5.45. The van der Waals surface area contributed by atoms with Gasteiger partial charge in [-0.05, 0) is 42.7 Å². The van der Waals surface area contributed by atoms with E-state index in [9.17, 15) is 22.8 Å². The summed E-state index contributed by atoms with van der Waals surface area (Å²) in [5.41, 5.74) is 0.402. The molecule has 3 amide bonds. The predicted molar refractivity (Wildman–Crippen MR) is 103 cm³/mol. The number of rotatable bonds is 4. The van der Waals surface area contributed by atoms with Gasteiger partial charge in [0.05, 0.1) is 5.69 Å². The Morgan fingerprint density at radius 1 is 0.967 bits per heavy atom. The second kappa shape index (κ2) is 7.64. The molecular weight excluding hydrogens is 399 g/mol.